The van der Waals surface area contributed by atoms with E-state index in [-0.39, 0.29) is 0 Å². The van der Waals surface area contributed by atoms with Gasteiger partial charge in [-0.15, -0.1) is 0 Å². The SMILES string of the molecule is COc1ccc(C)cc1CCC(C)(C)CCN. The third-order valence-corrected chi connectivity index (χ3v) is 3.33. The lowest BCUT2D eigenvalue weighted by molar-refractivity contribution is 0.311. The second-order valence-electron chi connectivity index (χ2n) is 5.52. The average Bonchev–Trinajstić information content (AvgIpc) is 2.27. The fourth-order valence-electron chi connectivity index (χ4n) is 2.09. The van der Waals surface area contributed by atoms with E-state index in [1.54, 1.807) is 7.11 Å². The summed E-state index contributed by atoms with van der Waals surface area (Å²) in [4.78, 5) is 0. The molecule has 96 valence electrons. The van der Waals surface area contributed by atoms with Crippen molar-refractivity contribution in [1.82, 2.24) is 0 Å². The molecule has 0 saturated heterocycles. The molecule has 0 bridgehead atoms. The molecule has 0 radical (unpaired) electrons. The highest BCUT2D eigenvalue weighted by Crippen LogP contribution is 2.29. The third kappa shape index (κ3) is 4.39. The molecule has 17 heavy (non-hydrogen) atoms. The van der Waals surface area contributed by atoms with Gasteiger partial charge in [0.2, 0.25) is 0 Å². The molecule has 0 unspecified atom stereocenters. The van der Waals surface area contributed by atoms with Crippen LogP contribution < -0.4 is 10.5 Å². The van der Waals surface area contributed by atoms with Crippen molar-refractivity contribution in [1.29, 1.82) is 0 Å². The quantitative estimate of drug-likeness (QED) is 0.821. The smallest absolute Gasteiger partial charge is 0.122 e. The molecule has 0 fully saturated rings. The first-order chi connectivity index (χ1) is 7.98. The van der Waals surface area contributed by atoms with E-state index in [4.69, 9.17) is 10.5 Å². The van der Waals surface area contributed by atoms with Gasteiger partial charge in [0.1, 0.15) is 5.75 Å². The Morgan fingerprint density at radius 2 is 1.94 bits per heavy atom. The molecule has 0 atom stereocenters. The minimum absolute atomic E-state index is 0.309. The van der Waals surface area contributed by atoms with Gasteiger partial charge >= 0.3 is 0 Å². The number of nitrogens with two attached hydrogens (primary N) is 1. The van der Waals surface area contributed by atoms with Crippen LogP contribution >= 0.6 is 0 Å². The molecule has 0 heterocycles. The number of methoxy groups -OCH3 is 1. The molecule has 0 amide bonds. The Kier molecular flexibility index (Phi) is 5.01. The highest BCUT2D eigenvalue weighted by atomic mass is 16.5. The van der Waals surface area contributed by atoms with Crippen LogP contribution in [-0.2, 0) is 6.42 Å². The van der Waals surface area contributed by atoms with Crippen molar-refractivity contribution in [3.63, 3.8) is 0 Å². The lowest BCUT2D eigenvalue weighted by atomic mass is 9.83. The Hall–Kier alpha value is -1.02. The van der Waals surface area contributed by atoms with Crippen molar-refractivity contribution in [2.45, 2.75) is 40.0 Å². The molecule has 1 aromatic carbocycles. The van der Waals surface area contributed by atoms with E-state index in [0.29, 0.717) is 5.41 Å². The molecule has 2 heteroatoms. The van der Waals surface area contributed by atoms with Gasteiger partial charge in [-0.3, -0.25) is 0 Å². The van der Waals surface area contributed by atoms with E-state index in [1.807, 2.05) is 0 Å². The van der Waals surface area contributed by atoms with Crippen molar-refractivity contribution in [3.8, 4) is 5.75 Å². The fraction of sp³-hybridized carbons (Fsp3) is 0.600. The molecular formula is C15H25NO. The zero-order valence-electron chi connectivity index (χ0n) is 11.5. The van der Waals surface area contributed by atoms with Crippen LogP contribution in [0.1, 0.15) is 37.8 Å². The monoisotopic (exact) mass is 235 g/mol. The van der Waals surface area contributed by atoms with Crippen LogP contribution in [0.15, 0.2) is 18.2 Å². The van der Waals surface area contributed by atoms with Crippen LogP contribution in [0.2, 0.25) is 0 Å². The van der Waals surface area contributed by atoms with Crippen LogP contribution in [0, 0.1) is 12.3 Å². The normalized spacial score (nSPS) is 11.6. The molecule has 0 aliphatic heterocycles. The first kappa shape index (κ1) is 14.0. The summed E-state index contributed by atoms with van der Waals surface area (Å²) in [6.07, 6.45) is 3.27. The van der Waals surface area contributed by atoms with Gasteiger partial charge in [-0.1, -0.05) is 31.5 Å². The van der Waals surface area contributed by atoms with Gasteiger partial charge in [0.05, 0.1) is 7.11 Å². The molecule has 0 aliphatic carbocycles. The van der Waals surface area contributed by atoms with Crippen molar-refractivity contribution < 1.29 is 4.74 Å². The molecule has 1 aromatic rings. The summed E-state index contributed by atoms with van der Waals surface area (Å²) >= 11 is 0. The van der Waals surface area contributed by atoms with Crippen molar-refractivity contribution in [3.05, 3.63) is 29.3 Å². The van der Waals surface area contributed by atoms with Crippen LogP contribution in [0.4, 0.5) is 0 Å². The second kappa shape index (κ2) is 6.06. The molecule has 0 aliphatic rings. The highest BCUT2D eigenvalue weighted by molar-refractivity contribution is 5.36. The summed E-state index contributed by atoms with van der Waals surface area (Å²) in [7, 11) is 1.74. The summed E-state index contributed by atoms with van der Waals surface area (Å²) in [5, 5.41) is 0. The van der Waals surface area contributed by atoms with E-state index < -0.39 is 0 Å². The van der Waals surface area contributed by atoms with Crippen molar-refractivity contribution >= 4 is 0 Å². The average molecular weight is 235 g/mol. The highest BCUT2D eigenvalue weighted by Gasteiger charge is 2.17. The standard InChI is InChI=1S/C15H25NO/c1-12-5-6-14(17-4)13(11-12)7-8-15(2,3)9-10-16/h5-6,11H,7-10,16H2,1-4H3. The number of aryl methyl sites for hydroxylation is 2. The molecule has 0 spiro atoms. The Morgan fingerprint density at radius 3 is 2.53 bits per heavy atom. The van der Waals surface area contributed by atoms with Gasteiger partial charge in [0.25, 0.3) is 0 Å². The first-order valence-corrected chi connectivity index (χ1v) is 6.32. The number of benzene rings is 1. The summed E-state index contributed by atoms with van der Waals surface area (Å²) in [6.45, 7) is 7.44. The minimum atomic E-state index is 0.309. The molecule has 2 N–H and O–H groups in total. The predicted octanol–water partition coefficient (Wildman–Crippen LogP) is 3.31. The summed E-state index contributed by atoms with van der Waals surface area (Å²) in [5.41, 5.74) is 8.54. The largest absolute Gasteiger partial charge is 0.496 e. The summed E-state index contributed by atoms with van der Waals surface area (Å²) < 4.78 is 5.40. The van der Waals surface area contributed by atoms with E-state index >= 15 is 0 Å². The molecule has 2 nitrogen and oxygen atoms in total. The van der Waals surface area contributed by atoms with Crippen molar-refractivity contribution in [2.24, 2.45) is 11.1 Å². The van der Waals surface area contributed by atoms with Crippen LogP contribution in [0.3, 0.4) is 0 Å². The molecule has 0 saturated carbocycles. The fourth-order valence-corrected chi connectivity index (χ4v) is 2.09. The number of hydrogen-bond acceptors (Lipinski definition) is 2. The molecular weight excluding hydrogens is 210 g/mol. The zero-order chi connectivity index (χ0) is 12.9. The van der Waals surface area contributed by atoms with E-state index in [1.165, 1.54) is 11.1 Å². The minimum Gasteiger partial charge on any atom is -0.496 e. The number of hydrogen-bond donors (Lipinski definition) is 1. The Bertz CT molecular complexity index is 358. The van der Waals surface area contributed by atoms with Crippen LogP contribution in [-0.4, -0.2) is 13.7 Å². The number of rotatable bonds is 6. The van der Waals surface area contributed by atoms with Gasteiger partial charge in [-0.2, -0.15) is 0 Å². The summed E-state index contributed by atoms with van der Waals surface area (Å²) in [6, 6.07) is 6.37. The second-order valence-corrected chi connectivity index (χ2v) is 5.52. The Labute approximate surface area is 105 Å². The number of ether oxygens (including phenoxy) is 1. The lowest BCUT2D eigenvalue weighted by Crippen LogP contribution is -2.18. The maximum atomic E-state index is 5.64. The Balaban J connectivity index is 2.71. The van der Waals surface area contributed by atoms with Gasteiger partial charge in [-0.25, -0.2) is 0 Å². The Morgan fingerprint density at radius 1 is 1.24 bits per heavy atom. The van der Waals surface area contributed by atoms with Gasteiger partial charge in [-0.05, 0) is 49.8 Å². The van der Waals surface area contributed by atoms with Crippen LogP contribution in [0.5, 0.6) is 5.75 Å². The lowest BCUT2D eigenvalue weighted by Gasteiger charge is -2.24. The molecule has 0 aromatic heterocycles. The van der Waals surface area contributed by atoms with Crippen molar-refractivity contribution in [2.75, 3.05) is 13.7 Å². The maximum absolute atomic E-state index is 5.64. The van der Waals surface area contributed by atoms with E-state index in [0.717, 1.165) is 31.6 Å². The van der Waals surface area contributed by atoms with Gasteiger partial charge < -0.3 is 10.5 Å². The maximum Gasteiger partial charge on any atom is 0.122 e. The van der Waals surface area contributed by atoms with E-state index in [9.17, 15) is 0 Å². The third-order valence-electron chi connectivity index (χ3n) is 3.33. The van der Waals surface area contributed by atoms with Gasteiger partial charge in [0.15, 0.2) is 0 Å². The van der Waals surface area contributed by atoms with E-state index in [2.05, 4.69) is 39.0 Å². The topological polar surface area (TPSA) is 35.2 Å². The first-order valence-electron chi connectivity index (χ1n) is 6.32. The molecule has 1 rings (SSSR count). The predicted molar refractivity (Wildman–Crippen MR) is 73.5 cm³/mol. The zero-order valence-corrected chi connectivity index (χ0v) is 11.5. The van der Waals surface area contributed by atoms with Crippen LogP contribution in [0.25, 0.3) is 0 Å². The summed E-state index contributed by atoms with van der Waals surface area (Å²) in [5.74, 6) is 0.999. The van der Waals surface area contributed by atoms with Gasteiger partial charge in [0, 0.05) is 0 Å².